The molecule has 1 aromatic rings. The number of nitrogens with one attached hydrogen (secondary N) is 1. The van der Waals surface area contributed by atoms with Gasteiger partial charge in [0.1, 0.15) is 0 Å². The maximum atomic E-state index is 12.9. The zero-order chi connectivity index (χ0) is 19.7. The Morgan fingerprint density at radius 2 is 1.89 bits per heavy atom. The number of carbonyl (C=O) groups is 1. The minimum absolute atomic E-state index is 0.0323. The molecular weight excluding hydrogens is 373 g/mol. The molecule has 0 radical (unpaired) electrons. The highest BCUT2D eigenvalue weighted by Crippen LogP contribution is 2.47. The Hall–Kier alpha value is -2.30. The van der Waals surface area contributed by atoms with Gasteiger partial charge in [0.25, 0.3) is 5.91 Å². The van der Waals surface area contributed by atoms with Crippen molar-refractivity contribution in [2.75, 3.05) is 40.4 Å². The number of fused-ring (bicyclic) bond motifs is 1. The first-order valence-corrected chi connectivity index (χ1v) is 10.6. The average Bonchev–Trinajstić information content (AvgIpc) is 2.73. The largest absolute Gasteiger partial charge is 0.493 e. The predicted molar refractivity (Wildman–Crippen MR) is 113 cm³/mol. The van der Waals surface area contributed by atoms with Crippen molar-refractivity contribution in [2.24, 2.45) is 0 Å². The monoisotopic (exact) mass is 399 g/mol. The zero-order valence-corrected chi connectivity index (χ0v) is 17.5. The second-order valence-electron chi connectivity index (χ2n) is 7.06. The number of benzene rings is 1. The topological polar surface area (TPSA) is 54.0 Å². The lowest BCUT2D eigenvalue weighted by molar-refractivity contribution is -0.123. The molecule has 0 saturated carbocycles. The molecule has 4 rings (SSSR count). The smallest absolute Gasteiger partial charge is 0.252 e. The third kappa shape index (κ3) is 3.54. The maximum Gasteiger partial charge on any atom is 0.252 e. The number of ether oxygens (including phenoxy) is 2. The summed E-state index contributed by atoms with van der Waals surface area (Å²) in [6, 6.07) is 5.83. The van der Waals surface area contributed by atoms with Crippen LogP contribution in [-0.4, -0.2) is 61.9 Å². The first-order valence-electron chi connectivity index (χ1n) is 9.50. The van der Waals surface area contributed by atoms with Gasteiger partial charge in [0.2, 0.25) is 0 Å². The van der Waals surface area contributed by atoms with Crippen LogP contribution >= 0.6 is 8.58 Å². The predicted octanol–water partition coefficient (Wildman–Crippen LogP) is 2.60. The SMILES string of the molecule is COc1ccc(C2=CC(=O)N3C=C(N4CCNCC4)C(C)=CC3P2)cc1OC. The molecule has 148 valence electrons. The Bertz CT molecular complexity index is 872. The number of nitrogens with zero attached hydrogens (tertiary/aromatic N) is 2. The lowest BCUT2D eigenvalue weighted by atomic mass is 10.1. The van der Waals surface area contributed by atoms with E-state index in [4.69, 9.17) is 9.47 Å². The van der Waals surface area contributed by atoms with Crippen LogP contribution in [0.15, 0.2) is 47.8 Å². The standard InChI is InChI=1S/C21H26N3O3P/c1-14-10-21-24(13-16(14)23-8-6-22-7-9-23)20(25)12-19(28-21)15-4-5-17(26-2)18(11-15)27-3/h4-5,10-13,21-22,28H,6-9H2,1-3H3. The van der Waals surface area contributed by atoms with Gasteiger partial charge in [-0.1, -0.05) is 20.7 Å². The molecule has 3 aliphatic rings. The van der Waals surface area contributed by atoms with E-state index in [0.29, 0.717) is 20.1 Å². The molecule has 0 spiro atoms. The van der Waals surface area contributed by atoms with E-state index in [0.717, 1.165) is 37.1 Å². The van der Waals surface area contributed by atoms with Crippen molar-refractivity contribution in [1.29, 1.82) is 0 Å². The van der Waals surface area contributed by atoms with E-state index in [1.54, 1.807) is 20.3 Å². The lowest BCUT2D eigenvalue weighted by Gasteiger charge is -2.39. The van der Waals surface area contributed by atoms with Crippen LogP contribution in [0.3, 0.4) is 0 Å². The minimum Gasteiger partial charge on any atom is -0.493 e. The van der Waals surface area contributed by atoms with E-state index >= 15 is 0 Å². The molecule has 1 N–H and O–H groups in total. The van der Waals surface area contributed by atoms with Crippen LogP contribution in [0.2, 0.25) is 0 Å². The van der Waals surface area contributed by atoms with Crippen molar-refractivity contribution >= 4 is 19.8 Å². The number of carbonyl (C=O) groups excluding carboxylic acids is 1. The van der Waals surface area contributed by atoms with E-state index in [1.807, 2.05) is 29.3 Å². The van der Waals surface area contributed by atoms with Gasteiger partial charge in [-0.25, -0.2) is 0 Å². The van der Waals surface area contributed by atoms with Gasteiger partial charge in [-0.05, 0) is 35.5 Å². The number of amides is 1. The number of methoxy groups -OCH3 is 2. The van der Waals surface area contributed by atoms with Gasteiger partial charge in [0.05, 0.1) is 25.7 Å². The van der Waals surface area contributed by atoms with E-state index in [2.05, 4.69) is 23.2 Å². The molecule has 1 saturated heterocycles. The van der Waals surface area contributed by atoms with Crippen molar-refractivity contribution in [2.45, 2.75) is 12.7 Å². The zero-order valence-electron chi connectivity index (χ0n) is 16.5. The Morgan fingerprint density at radius 3 is 2.61 bits per heavy atom. The highest BCUT2D eigenvalue weighted by Gasteiger charge is 2.31. The van der Waals surface area contributed by atoms with Gasteiger partial charge in [0.15, 0.2) is 11.5 Å². The van der Waals surface area contributed by atoms with Gasteiger partial charge >= 0.3 is 0 Å². The van der Waals surface area contributed by atoms with Crippen molar-refractivity contribution < 1.29 is 14.3 Å². The van der Waals surface area contributed by atoms with Crippen molar-refractivity contribution in [1.82, 2.24) is 15.1 Å². The lowest BCUT2D eigenvalue weighted by Crippen LogP contribution is -2.45. The number of allylic oxidation sites excluding steroid dienone is 1. The molecule has 3 heterocycles. The first-order chi connectivity index (χ1) is 13.6. The summed E-state index contributed by atoms with van der Waals surface area (Å²) in [4.78, 5) is 17.2. The Labute approximate surface area is 167 Å². The Kier molecular flexibility index (Phi) is 5.42. The fourth-order valence-corrected chi connectivity index (χ4v) is 5.36. The maximum absolute atomic E-state index is 12.9. The second-order valence-corrected chi connectivity index (χ2v) is 8.48. The number of rotatable bonds is 4. The summed E-state index contributed by atoms with van der Waals surface area (Å²) in [5.41, 5.74) is 3.42. The molecule has 28 heavy (non-hydrogen) atoms. The summed E-state index contributed by atoms with van der Waals surface area (Å²) in [7, 11) is 3.73. The third-order valence-corrected chi connectivity index (χ3v) is 6.84. The van der Waals surface area contributed by atoms with Crippen LogP contribution in [0.25, 0.3) is 5.31 Å². The molecular formula is C21H26N3O3P. The van der Waals surface area contributed by atoms with Crippen LogP contribution in [0.5, 0.6) is 11.5 Å². The molecule has 1 fully saturated rings. The van der Waals surface area contributed by atoms with Crippen LogP contribution in [0, 0.1) is 0 Å². The number of hydrogen-bond donors (Lipinski definition) is 1. The van der Waals surface area contributed by atoms with E-state index < -0.39 is 0 Å². The van der Waals surface area contributed by atoms with E-state index in [-0.39, 0.29) is 11.7 Å². The first kappa shape index (κ1) is 19.0. The summed E-state index contributed by atoms with van der Waals surface area (Å²) in [5.74, 6) is 1.48. The quantitative estimate of drug-likeness (QED) is 0.789. The Morgan fingerprint density at radius 1 is 1.14 bits per heavy atom. The van der Waals surface area contributed by atoms with Gasteiger partial charge < -0.3 is 24.6 Å². The molecule has 0 bridgehead atoms. The van der Waals surface area contributed by atoms with E-state index in [9.17, 15) is 4.79 Å². The number of hydrogen-bond acceptors (Lipinski definition) is 5. The molecule has 2 unspecified atom stereocenters. The normalized spacial score (nSPS) is 23.0. The minimum atomic E-state index is 0.0323. The summed E-state index contributed by atoms with van der Waals surface area (Å²) in [6.07, 6.45) is 6.04. The highest BCUT2D eigenvalue weighted by atomic mass is 31.1. The Balaban J connectivity index is 1.62. The fourth-order valence-electron chi connectivity index (χ4n) is 3.83. The van der Waals surface area contributed by atoms with Crippen molar-refractivity contribution in [3.63, 3.8) is 0 Å². The van der Waals surface area contributed by atoms with Crippen LogP contribution in [0.4, 0.5) is 0 Å². The average molecular weight is 399 g/mol. The van der Waals surface area contributed by atoms with Gasteiger partial charge in [-0.15, -0.1) is 0 Å². The second kappa shape index (κ2) is 7.98. The molecule has 1 aromatic carbocycles. The summed E-state index contributed by atoms with van der Waals surface area (Å²) in [5, 5.41) is 4.43. The summed E-state index contributed by atoms with van der Waals surface area (Å²) < 4.78 is 10.7. The highest BCUT2D eigenvalue weighted by molar-refractivity contribution is 7.51. The molecule has 0 aromatic heterocycles. The molecule has 2 atom stereocenters. The van der Waals surface area contributed by atoms with Crippen LogP contribution in [0.1, 0.15) is 12.5 Å². The van der Waals surface area contributed by atoms with Crippen molar-refractivity contribution in [3.05, 3.63) is 53.4 Å². The van der Waals surface area contributed by atoms with E-state index in [1.165, 1.54) is 11.3 Å². The molecule has 0 aliphatic carbocycles. The number of piperazine rings is 1. The summed E-state index contributed by atoms with van der Waals surface area (Å²) >= 11 is 0. The van der Waals surface area contributed by atoms with Gasteiger partial charge in [0, 0.05) is 38.5 Å². The molecule has 1 amide bonds. The van der Waals surface area contributed by atoms with Gasteiger partial charge in [-0.3, -0.25) is 4.79 Å². The fraction of sp³-hybridized carbons (Fsp3) is 0.381. The van der Waals surface area contributed by atoms with Crippen LogP contribution < -0.4 is 14.8 Å². The van der Waals surface area contributed by atoms with Gasteiger partial charge in [-0.2, -0.15) is 0 Å². The molecule has 3 aliphatic heterocycles. The van der Waals surface area contributed by atoms with Crippen LogP contribution in [-0.2, 0) is 4.79 Å². The molecule has 6 nitrogen and oxygen atoms in total. The molecule has 7 heteroatoms. The third-order valence-electron chi connectivity index (χ3n) is 5.35. The van der Waals surface area contributed by atoms with Crippen molar-refractivity contribution in [3.8, 4) is 11.5 Å². The summed E-state index contributed by atoms with van der Waals surface area (Å²) in [6.45, 7) is 6.05.